The number of carbonyl (C=O) groups is 2. The minimum atomic E-state index is -1.02. The van der Waals surface area contributed by atoms with Crippen LogP contribution in [0.5, 0.6) is 5.75 Å². The molecule has 1 amide bonds. The van der Waals surface area contributed by atoms with E-state index in [4.69, 9.17) is 16.3 Å². The first-order valence-electron chi connectivity index (χ1n) is 9.94. The van der Waals surface area contributed by atoms with Gasteiger partial charge in [0.05, 0.1) is 18.1 Å². The lowest BCUT2D eigenvalue weighted by molar-refractivity contribution is -0.118. The molecule has 31 heavy (non-hydrogen) atoms. The molecule has 0 saturated heterocycles. The summed E-state index contributed by atoms with van der Waals surface area (Å²) >= 11 is 6.36. The van der Waals surface area contributed by atoms with E-state index in [9.17, 15) is 14.7 Å². The highest BCUT2D eigenvalue weighted by Crippen LogP contribution is 2.49. The maximum Gasteiger partial charge on any atom is 0.335 e. The van der Waals surface area contributed by atoms with Crippen molar-refractivity contribution in [1.29, 1.82) is 0 Å². The van der Waals surface area contributed by atoms with Crippen LogP contribution in [0.1, 0.15) is 37.2 Å². The van der Waals surface area contributed by atoms with Crippen molar-refractivity contribution in [1.82, 2.24) is 0 Å². The fourth-order valence-electron chi connectivity index (χ4n) is 3.79. The van der Waals surface area contributed by atoms with Crippen molar-refractivity contribution in [3.8, 4) is 16.9 Å². The Morgan fingerprint density at radius 3 is 2.35 bits per heavy atom. The van der Waals surface area contributed by atoms with Crippen LogP contribution in [0.3, 0.4) is 0 Å². The average molecular weight is 440 g/mol. The number of hydrogen-bond acceptors (Lipinski definition) is 3. The Bertz CT molecular complexity index is 1180. The zero-order chi connectivity index (χ0) is 22.2. The zero-order valence-electron chi connectivity index (χ0n) is 17.2. The van der Waals surface area contributed by atoms with Gasteiger partial charge in [0.25, 0.3) is 0 Å². The van der Waals surface area contributed by atoms with E-state index in [1.54, 1.807) is 19.2 Å². The number of hydrogen-bond donors (Lipinski definition) is 2. The van der Waals surface area contributed by atoms with Gasteiger partial charge < -0.3 is 15.2 Å². The Morgan fingerprint density at radius 2 is 1.74 bits per heavy atom. The number of rotatable bonds is 6. The van der Waals surface area contributed by atoms with Gasteiger partial charge in [-0.2, -0.15) is 0 Å². The van der Waals surface area contributed by atoms with Gasteiger partial charge in [-0.25, -0.2) is 4.79 Å². The lowest BCUT2D eigenvalue weighted by atomic mass is 9.94. The Kier molecular flexibility index (Phi) is 5.46. The lowest BCUT2D eigenvalue weighted by Gasteiger charge is -2.17. The molecule has 0 spiro atoms. The van der Waals surface area contributed by atoms with E-state index in [1.807, 2.05) is 49.4 Å². The second kappa shape index (κ2) is 8.08. The van der Waals surface area contributed by atoms with Gasteiger partial charge in [0.1, 0.15) is 5.75 Å². The molecular formula is C25H26ClNO4. The van der Waals surface area contributed by atoms with Gasteiger partial charge in [-0.15, -0.1) is 0 Å². The number of carboxylic acid groups (broad SMARTS) is 1. The summed E-state index contributed by atoms with van der Waals surface area (Å²) in [6.07, 6.45) is 1.58. The maximum atomic E-state index is 13.1. The van der Waals surface area contributed by atoms with Crippen molar-refractivity contribution in [2.45, 2.75) is 25.2 Å². The Hall–Kier alpha value is -3.31. The Labute approximate surface area is 188 Å². The van der Waals surface area contributed by atoms with Gasteiger partial charge in [0.15, 0.2) is 0 Å². The lowest BCUT2D eigenvalue weighted by Crippen LogP contribution is -2.27. The summed E-state index contributed by atoms with van der Waals surface area (Å²) in [6, 6.07) is 17.8. The minimum Gasteiger partial charge on any atom is -0.497 e. The highest BCUT2D eigenvalue weighted by atomic mass is 35.5. The number of amides is 1. The molecule has 5 nitrogen and oxygen atoms in total. The van der Waals surface area contributed by atoms with Gasteiger partial charge in [0, 0.05) is 19.1 Å². The van der Waals surface area contributed by atoms with E-state index >= 15 is 0 Å². The van der Waals surface area contributed by atoms with Crippen LogP contribution in [0.4, 0.5) is 5.69 Å². The molecule has 0 unspecified atom stereocenters. The number of halogens is 1. The molecule has 6 heteroatoms. The predicted octanol–water partition coefficient (Wildman–Crippen LogP) is 6.18. The molecule has 0 aromatic heterocycles. The predicted molar refractivity (Wildman–Crippen MR) is 125 cm³/mol. The van der Waals surface area contributed by atoms with Gasteiger partial charge in [-0.3, -0.25) is 4.79 Å². The van der Waals surface area contributed by atoms with Crippen LogP contribution < -0.4 is 10.1 Å². The summed E-state index contributed by atoms with van der Waals surface area (Å²) in [7, 11) is 1.61. The number of ether oxygens (including phenoxy) is 1. The molecule has 0 atom stereocenters. The van der Waals surface area contributed by atoms with E-state index in [1.165, 1.54) is 6.07 Å². The van der Waals surface area contributed by atoms with Crippen LogP contribution in [-0.4, -0.2) is 24.1 Å². The van der Waals surface area contributed by atoms with Crippen molar-refractivity contribution < 1.29 is 22.3 Å². The van der Waals surface area contributed by atoms with Crippen molar-refractivity contribution >= 4 is 29.2 Å². The third kappa shape index (κ3) is 4.01. The van der Waals surface area contributed by atoms with Crippen molar-refractivity contribution in [3.63, 3.8) is 0 Å². The zero-order valence-corrected chi connectivity index (χ0v) is 18.0. The van der Waals surface area contributed by atoms with E-state index in [0.29, 0.717) is 16.3 Å². The molecule has 162 valence electrons. The van der Waals surface area contributed by atoms with Crippen molar-refractivity contribution in [2.24, 2.45) is 0 Å². The molecule has 2 N–H and O–H groups in total. The summed E-state index contributed by atoms with van der Waals surface area (Å²) in [4.78, 5) is 24.5. The number of carboxylic acids is 1. The topological polar surface area (TPSA) is 75.6 Å². The van der Waals surface area contributed by atoms with E-state index < -0.39 is 11.4 Å². The fourth-order valence-corrected chi connectivity index (χ4v) is 4.01. The Balaban J connectivity index is 0.00000193. The second-order valence-electron chi connectivity index (χ2n) is 7.79. The number of methoxy groups -OCH3 is 1. The van der Waals surface area contributed by atoms with Crippen LogP contribution >= 0.6 is 11.6 Å². The van der Waals surface area contributed by atoms with E-state index in [0.717, 1.165) is 35.3 Å². The van der Waals surface area contributed by atoms with Crippen LogP contribution in [0, 0.1) is 6.92 Å². The molecule has 4 rings (SSSR count). The molecule has 1 fully saturated rings. The van der Waals surface area contributed by atoms with Crippen LogP contribution in [0.25, 0.3) is 11.1 Å². The molecule has 1 aliphatic carbocycles. The van der Waals surface area contributed by atoms with Crippen LogP contribution in [0.2, 0.25) is 5.02 Å². The van der Waals surface area contributed by atoms with Gasteiger partial charge in [-0.1, -0.05) is 29.8 Å². The molecule has 3 aromatic rings. The third-order valence-electron chi connectivity index (χ3n) is 5.83. The first-order chi connectivity index (χ1) is 14.8. The molecule has 0 aliphatic heterocycles. The molecule has 3 aromatic carbocycles. The molecule has 1 aliphatic rings. The summed E-state index contributed by atoms with van der Waals surface area (Å²) in [5.74, 6) is -0.323. The van der Waals surface area contributed by atoms with E-state index in [-0.39, 0.29) is 14.3 Å². The van der Waals surface area contributed by atoms with Crippen molar-refractivity contribution in [2.75, 3.05) is 12.4 Å². The number of nitrogens with one attached hydrogen (secondary N) is 1. The van der Waals surface area contributed by atoms with Gasteiger partial charge in [0.2, 0.25) is 5.91 Å². The second-order valence-corrected chi connectivity index (χ2v) is 8.20. The smallest absolute Gasteiger partial charge is 0.335 e. The fraction of sp³-hybridized carbons (Fsp3) is 0.200. The number of aryl methyl sites for hydroxylation is 1. The first-order valence-corrected chi connectivity index (χ1v) is 10.3. The summed E-state index contributed by atoms with van der Waals surface area (Å²) in [5.41, 5.74) is 3.56. The largest absolute Gasteiger partial charge is 0.497 e. The molecule has 0 radical (unpaired) electrons. The normalized spacial score (nSPS) is 14.0. The summed E-state index contributed by atoms with van der Waals surface area (Å²) in [6.45, 7) is 1.92. The number of anilines is 1. The van der Waals surface area contributed by atoms with Crippen LogP contribution in [-0.2, 0) is 10.2 Å². The highest BCUT2D eigenvalue weighted by molar-refractivity contribution is 6.33. The standard InChI is InChI=1S/C25H22ClNO4.2H2/c1-15-3-7-18(14-20(15)21-13-16(23(28)29)4-10-22(21)26)27-24(30)25(11-12-25)17-5-8-19(31-2)9-6-17;;/h3-10,13-14H,11-12H2,1-2H3,(H,27,30)(H,28,29);2*1H. The number of benzene rings is 3. The molecule has 1 saturated carbocycles. The number of aromatic carboxylic acids is 1. The molecule has 0 heterocycles. The summed E-state index contributed by atoms with van der Waals surface area (Å²) in [5, 5.41) is 12.8. The molecule has 0 bridgehead atoms. The maximum absolute atomic E-state index is 13.1. The SMILES string of the molecule is COc1ccc(C2(C(=O)Nc3ccc(C)c(-c4cc(C(=O)O)ccc4Cl)c3)CC2)cc1.[HH].[HH]. The van der Waals surface area contributed by atoms with Crippen molar-refractivity contribution in [3.05, 3.63) is 82.4 Å². The molecular weight excluding hydrogens is 414 g/mol. The minimum absolute atomic E-state index is 0. The first kappa shape index (κ1) is 20.9. The Morgan fingerprint density at radius 1 is 1.03 bits per heavy atom. The van der Waals surface area contributed by atoms with Crippen LogP contribution in [0.15, 0.2) is 60.7 Å². The van der Waals surface area contributed by atoms with E-state index in [2.05, 4.69) is 5.32 Å². The third-order valence-corrected chi connectivity index (χ3v) is 6.16. The monoisotopic (exact) mass is 439 g/mol. The van der Waals surface area contributed by atoms with Gasteiger partial charge >= 0.3 is 5.97 Å². The average Bonchev–Trinajstić information content (AvgIpc) is 3.58. The van der Waals surface area contributed by atoms with Gasteiger partial charge in [-0.05, 0) is 78.9 Å². The number of carbonyl (C=O) groups excluding carboxylic acids is 1. The quantitative estimate of drug-likeness (QED) is 0.480. The highest BCUT2D eigenvalue weighted by Gasteiger charge is 2.51. The summed E-state index contributed by atoms with van der Waals surface area (Å²) < 4.78 is 5.21.